The first-order valence-corrected chi connectivity index (χ1v) is 11.9. The van der Waals surface area contributed by atoms with E-state index in [1.165, 1.54) is 15.2 Å². The summed E-state index contributed by atoms with van der Waals surface area (Å²) in [6.07, 6.45) is 1.54. The van der Waals surface area contributed by atoms with Gasteiger partial charge in [0.25, 0.3) is 11.8 Å². The third-order valence-electron chi connectivity index (χ3n) is 5.48. The fourth-order valence-corrected chi connectivity index (χ4v) is 4.44. The van der Waals surface area contributed by atoms with Crippen LogP contribution in [0.3, 0.4) is 0 Å². The fraction of sp³-hybridized carbons (Fsp3) is 0.192. The van der Waals surface area contributed by atoms with Crippen LogP contribution in [0, 0.1) is 0 Å². The highest BCUT2D eigenvalue weighted by Crippen LogP contribution is 2.38. The van der Waals surface area contributed by atoms with Gasteiger partial charge in [0.2, 0.25) is 0 Å². The van der Waals surface area contributed by atoms with Crippen molar-refractivity contribution in [2.24, 2.45) is 0 Å². The maximum Gasteiger partial charge on any atom is 0.265 e. The number of amides is 2. The van der Waals surface area contributed by atoms with E-state index in [4.69, 9.17) is 21.7 Å². The Balaban J connectivity index is 1.63. The van der Waals surface area contributed by atoms with E-state index in [-0.39, 0.29) is 10.7 Å². The number of halogens is 1. The van der Waals surface area contributed by atoms with E-state index in [9.17, 15) is 9.59 Å². The summed E-state index contributed by atoms with van der Waals surface area (Å²) >= 11 is 8.71. The molecule has 3 aromatic carbocycles. The first-order valence-electron chi connectivity index (χ1n) is 10.7. The Bertz CT molecular complexity index is 1310. The molecule has 0 unspecified atom stereocenters. The van der Waals surface area contributed by atoms with Gasteiger partial charge in [0.05, 0.1) is 11.1 Å². The van der Waals surface area contributed by atoms with Crippen LogP contribution in [0.4, 0.5) is 0 Å². The Morgan fingerprint density at radius 2 is 1.62 bits per heavy atom. The van der Waals surface area contributed by atoms with Crippen LogP contribution in [-0.2, 0) is 16.2 Å². The highest BCUT2D eigenvalue weighted by Gasteiger charge is 2.35. The van der Waals surface area contributed by atoms with Crippen LogP contribution < -0.4 is 9.47 Å². The number of ether oxygens (including phenoxy) is 2. The standard InChI is InChI=1S/C26H23BrN2O4S/c1-4-32-22-14-17(12-20-24(30)28(2)26(34)29(3)25(20)31)13-21(27)23(22)33-15-16-9-10-18-7-5-6-8-19(18)11-16/h5-14H,4,15H2,1-3H3. The molecule has 0 N–H and O–H groups in total. The Morgan fingerprint density at radius 3 is 2.29 bits per heavy atom. The van der Waals surface area contributed by atoms with Crippen molar-refractivity contribution < 1.29 is 19.1 Å². The molecule has 2 amide bonds. The second-order valence-electron chi connectivity index (χ2n) is 7.80. The Hall–Kier alpha value is -3.23. The number of hydrogen-bond donors (Lipinski definition) is 0. The minimum atomic E-state index is -0.446. The van der Waals surface area contributed by atoms with E-state index >= 15 is 0 Å². The van der Waals surface area contributed by atoms with Crippen LogP contribution in [-0.4, -0.2) is 47.4 Å². The molecule has 0 aromatic heterocycles. The first-order chi connectivity index (χ1) is 16.3. The second-order valence-corrected chi connectivity index (χ2v) is 9.02. The average molecular weight is 539 g/mol. The summed E-state index contributed by atoms with van der Waals surface area (Å²) in [5.41, 5.74) is 1.68. The number of rotatable bonds is 6. The lowest BCUT2D eigenvalue weighted by atomic mass is 10.1. The van der Waals surface area contributed by atoms with Crippen molar-refractivity contribution >= 4 is 61.9 Å². The number of likely N-dealkylation sites (N-methyl/N-ethyl adjacent to an activating group) is 2. The summed E-state index contributed by atoms with van der Waals surface area (Å²) in [6, 6.07) is 17.9. The van der Waals surface area contributed by atoms with E-state index < -0.39 is 11.8 Å². The highest BCUT2D eigenvalue weighted by atomic mass is 79.9. The number of hydrogen-bond acceptors (Lipinski definition) is 5. The average Bonchev–Trinajstić information content (AvgIpc) is 2.84. The molecule has 8 heteroatoms. The number of benzene rings is 3. The molecule has 0 spiro atoms. The van der Waals surface area contributed by atoms with Gasteiger partial charge in [-0.05, 0) is 81.2 Å². The molecule has 1 saturated heterocycles. The molecule has 1 aliphatic heterocycles. The number of thiocarbonyl (C=S) groups is 1. The zero-order valence-corrected chi connectivity index (χ0v) is 21.4. The summed E-state index contributed by atoms with van der Waals surface area (Å²) in [6.45, 7) is 2.66. The lowest BCUT2D eigenvalue weighted by molar-refractivity contribution is -0.132. The Labute approximate surface area is 211 Å². The third-order valence-corrected chi connectivity index (χ3v) is 6.62. The zero-order valence-electron chi connectivity index (χ0n) is 19.0. The molecule has 0 atom stereocenters. The van der Waals surface area contributed by atoms with Crippen LogP contribution >= 0.6 is 28.1 Å². The SMILES string of the molecule is CCOc1cc(C=C2C(=O)N(C)C(=S)N(C)C2=O)cc(Br)c1OCc1ccc2ccccc2c1. The maximum absolute atomic E-state index is 12.7. The van der Waals surface area contributed by atoms with Crippen molar-refractivity contribution in [1.29, 1.82) is 0 Å². The Morgan fingerprint density at radius 1 is 0.941 bits per heavy atom. The second kappa shape index (κ2) is 9.95. The predicted octanol–water partition coefficient (Wildman–Crippen LogP) is 5.18. The molecule has 4 rings (SSSR count). The van der Waals surface area contributed by atoms with E-state index in [1.807, 2.05) is 25.1 Å². The van der Waals surface area contributed by atoms with Crippen LogP contribution in [0.5, 0.6) is 11.5 Å². The molecule has 0 bridgehead atoms. The highest BCUT2D eigenvalue weighted by molar-refractivity contribution is 9.10. The van der Waals surface area contributed by atoms with Crippen molar-refractivity contribution in [3.63, 3.8) is 0 Å². The summed E-state index contributed by atoms with van der Waals surface area (Å²) < 4.78 is 12.6. The minimum absolute atomic E-state index is 0.0257. The predicted molar refractivity (Wildman–Crippen MR) is 140 cm³/mol. The quantitative estimate of drug-likeness (QED) is 0.246. The van der Waals surface area contributed by atoms with Crippen LogP contribution in [0.15, 0.2) is 64.6 Å². The van der Waals surface area contributed by atoms with Gasteiger partial charge >= 0.3 is 0 Å². The minimum Gasteiger partial charge on any atom is -0.490 e. The number of nitrogens with zero attached hydrogens (tertiary/aromatic N) is 2. The molecule has 0 saturated carbocycles. The van der Waals surface area contributed by atoms with Gasteiger partial charge in [-0.25, -0.2) is 0 Å². The summed E-state index contributed by atoms with van der Waals surface area (Å²) in [4.78, 5) is 27.9. The molecule has 174 valence electrons. The summed E-state index contributed by atoms with van der Waals surface area (Å²) in [7, 11) is 3.10. The summed E-state index contributed by atoms with van der Waals surface area (Å²) in [5, 5.41) is 2.48. The van der Waals surface area contributed by atoms with E-state index in [0.29, 0.717) is 34.7 Å². The van der Waals surface area contributed by atoms with Gasteiger partial charge in [-0.15, -0.1) is 0 Å². The smallest absolute Gasteiger partial charge is 0.265 e. The topological polar surface area (TPSA) is 59.1 Å². The molecule has 34 heavy (non-hydrogen) atoms. The van der Waals surface area contributed by atoms with Crippen LogP contribution in [0.1, 0.15) is 18.1 Å². The van der Waals surface area contributed by atoms with Crippen molar-refractivity contribution in [2.45, 2.75) is 13.5 Å². The van der Waals surface area contributed by atoms with Gasteiger partial charge in [-0.3, -0.25) is 19.4 Å². The molecular formula is C26H23BrN2O4S. The van der Waals surface area contributed by atoms with Crippen molar-refractivity contribution in [3.05, 3.63) is 75.8 Å². The third kappa shape index (κ3) is 4.69. The van der Waals surface area contributed by atoms with Gasteiger partial charge in [0.15, 0.2) is 16.6 Å². The molecule has 0 aliphatic carbocycles. The molecule has 3 aromatic rings. The zero-order chi connectivity index (χ0) is 24.4. The monoisotopic (exact) mass is 538 g/mol. The number of fused-ring (bicyclic) bond motifs is 1. The van der Waals surface area contributed by atoms with Gasteiger partial charge in [-0.2, -0.15) is 0 Å². The number of carbonyl (C=O) groups is 2. The van der Waals surface area contributed by atoms with Gasteiger partial charge < -0.3 is 9.47 Å². The number of carbonyl (C=O) groups excluding carboxylic acids is 2. The molecule has 0 radical (unpaired) electrons. The Kier molecular flexibility index (Phi) is 7.00. The lowest BCUT2D eigenvalue weighted by Crippen LogP contribution is -2.52. The maximum atomic E-state index is 12.7. The first kappa shape index (κ1) is 23.9. The molecule has 1 fully saturated rings. The van der Waals surface area contributed by atoms with Gasteiger partial charge in [-0.1, -0.05) is 36.4 Å². The van der Waals surface area contributed by atoms with Crippen molar-refractivity contribution in [3.8, 4) is 11.5 Å². The molecule has 1 aliphatic rings. The van der Waals surface area contributed by atoms with E-state index in [0.717, 1.165) is 10.9 Å². The van der Waals surface area contributed by atoms with Crippen molar-refractivity contribution in [1.82, 2.24) is 9.80 Å². The van der Waals surface area contributed by atoms with Gasteiger partial charge in [0, 0.05) is 14.1 Å². The molecule has 6 nitrogen and oxygen atoms in total. The van der Waals surface area contributed by atoms with Crippen molar-refractivity contribution in [2.75, 3.05) is 20.7 Å². The summed E-state index contributed by atoms with van der Waals surface area (Å²) in [5.74, 6) is 0.170. The lowest BCUT2D eigenvalue weighted by Gasteiger charge is -2.31. The van der Waals surface area contributed by atoms with Gasteiger partial charge in [0.1, 0.15) is 12.2 Å². The molecule has 1 heterocycles. The molecular weight excluding hydrogens is 516 g/mol. The largest absolute Gasteiger partial charge is 0.490 e. The van der Waals surface area contributed by atoms with Crippen LogP contribution in [0.25, 0.3) is 16.8 Å². The normalized spacial score (nSPS) is 14.1. The van der Waals surface area contributed by atoms with Crippen LogP contribution in [0.2, 0.25) is 0 Å². The van der Waals surface area contributed by atoms with E-state index in [1.54, 1.807) is 32.3 Å². The fourth-order valence-electron chi connectivity index (χ4n) is 3.70. The van der Waals surface area contributed by atoms with E-state index in [2.05, 4.69) is 40.2 Å².